The predicted octanol–water partition coefficient (Wildman–Crippen LogP) is 0.456. The number of thiol groups is 1. The van der Waals surface area contributed by atoms with Crippen molar-refractivity contribution in [2.75, 3.05) is 0 Å². The van der Waals surface area contributed by atoms with Gasteiger partial charge in [-0.15, -0.1) is 0 Å². The van der Waals surface area contributed by atoms with Crippen molar-refractivity contribution in [2.45, 2.75) is 0 Å². The molecule has 1 aromatic rings. The van der Waals surface area contributed by atoms with Crippen LogP contribution in [-0.2, 0) is 11.0 Å². The molecule has 0 bridgehead atoms. The lowest BCUT2D eigenvalue weighted by molar-refractivity contribution is 0.0697. The van der Waals surface area contributed by atoms with E-state index in [1.54, 1.807) is 30.3 Å². The number of carboxylic acids is 1. The number of aromatic carboxylic acids is 1. The second-order valence-corrected chi connectivity index (χ2v) is 2.38. The summed E-state index contributed by atoms with van der Waals surface area (Å²) in [6.45, 7) is 0. The van der Waals surface area contributed by atoms with Gasteiger partial charge in [-0.1, -0.05) is 18.2 Å². The average molecular weight is 204 g/mol. The topological polar surface area (TPSA) is 91.7 Å². The first kappa shape index (κ1) is 11.6. The maximum absolute atomic E-state index is 10.2. The normalized spacial score (nSPS) is 8.77. The Morgan fingerprint density at radius 3 is 1.77 bits per heavy atom. The van der Waals surface area contributed by atoms with Gasteiger partial charge in [0, 0.05) is 0 Å². The van der Waals surface area contributed by atoms with Crippen LogP contribution >= 0.6 is 0 Å². The molecule has 0 unspecified atom stereocenters. The van der Waals surface area contributed by atoms with E-state index in [-0.39, 0.29) is 0 Å². The van der Waals surface area contributed by atoms with Gasteiger partial charge >= 0.3 is 5.97 Å². The van der Waals surface area contributed by atoms with Crippen LogP contribution in [0.3, 0.4) is 0 Å². The van der Waals surface area contributed by atoms with Crippen LogP contribution in [0, 0.1) is 0 Å². The van der Waals surface area contributed by atoms with E-state index in [4.69, 9.17) is 18.1 Å². The van der Waals surface area contributed by atoms with Crippen LogP contribution in [0.4, 0.5) is 0 Å². The summed E-state index contributed by atoms with van der Waals surface area (Å²) in [4.78, 5) is 10.2. The van der Waals surface area contributed by atoms with Gasteiger partial charge in [0.1, 0.15) is 0 Å². The summed E-state index contributed by atoms with van der Waals surface area (Å²) >= 11 is 0. The average Bonchev–Trinajstić information content (AvgIpc) is 2.05. The third kappa shape index (κ3) is 6.98. The Morgan fingerprint density at radius 1 is 1.15 bits per heavy atom. The lowest BCUT2D eigenvalue weighted by atomic mass is 10.2. The Hall–Kier alpha value is -1.40. The summed E-state index contributed by atoms with van der Waals surface area (Å²) in [5, 5.41) is 8.38. The van der Waals surface area contributed by atoms with Gasteiger partial charge in [0.2, 0.25) is 0 Å². The molecule has 72 valence electrons. The Bertz CT molecular complexity index is 322. The molecule has 2 N–H and O–H groups in total. The zero-order chi connectivity index (χ0) is 10.3. The summed E-state index contributed by atoms with van der Waals surface area (Å²) < 4.78 is 24.2. The first-order valence-corrected chi connectivity index (χ1v) is 4.28. The quantitative estimate of drug-likeness (QED) is 0.456. The molecule has 0 heterocycles. The fourth-order valence-electron chi connectivity index (χ4n) is 0.581. The van der Waals surface area contributed by atoms with Gasteiger partial charge in [0.15, 0.2) is 0 Å². The van der Waals surface area contributed by atoms with Gasteiger partial charge in [0.25, 0.3) is 11.0 Å². The maximum atomic E-state index is 10.2. The van der Waals surface area contributed by atoms with Crippen LogP contribution in [-0.4, -0.2) is 24.0 Å². The molecule has 5 nitrogen and oxygen atoms in total. The van der Waals surface area contributed by atoms with E-state index in [2.05, 4.69) is 0 Å². The highest BCUT2D eigenvalue weighted by molar-refractivity contribution is 7.66. The van der Waals surface area contributed by atoms with Crippen LogP contribution in [0.25, 0.3) is 0 Å². The standard InChI is InChI=1S/C7H6O2.H2O3S/c8-7(9)6-4-2-1-3-5-6;1-4(2)3/h1-5H,(H,8,9);4H,(H,1,2,3). The molecular formula is C7H8O5S. The zero-order valence-corrected chi connectivity index (χ0v) is 7.35. The molecule has 13 heavy (non-hydrogen) atoms. The summed E-state index contributed by atoms with van der Waals surface area (Å²) in [6.07, 6.45) is 0. The highest BCUT2D eigenvalue weighted by Crippen LogP contribution is 1.96. The van der Waals surface area contributed by atoms with E-state index < -0.39 is 17.0 Å². The lowest BCUT2D eigenvalue weighted by Gasteiger charge is -1.88. The Kier molecular flexibility index (Phi) is 5.49. The zero-order valence-electron chi connectivity index (χ0n) is 6.45. The van der Waals surface area contributed by atoms with Gasteiger partial charge < -0.3 is 5.11 Å². The van der Waals surface area contributed by atoms with Crippen molar-refractivity contribution in [1.82, 2.24) is 0 Å². The molecule has 0 aromatic heterocycles. The van der Waals surface area contributed by atoms with Crippen molar-refractivity contribution >= 4 is 17.0 Å². The molecule has 0 aliphatic rings. The molecule has 1 rings (SSSR count). The monoisotopic (exact) mass is 204 g/mol. The number of carboxylic acid groups (broad SMARTS) is 1. The van der Waals surface area contributed by atoms with Crippen LogP contribution in [0.15, 0.2) is 30.3 Å². The van der Waals surface area contributed by atoms with Crippen molar-refractivity contribution in [3.63, 3.8) is 0 Å². The molecule has 6 heteroatoms. The summed E-state index contributed by atoms with van der Waals surface area (Å²) in [5.41, 5.74) is 0.331. The minimum Gasteiger partial charge on any atom is -0.478 e. The van der Waals surface area contributed by atoms with Crippen LogP contribution < -0.4 is 0 Å². The van der Waals surface area contributed by atoms with E-state index >= 15 is 0 Å². The molecular weight excluding hydrogens is 196 g/mol. The predicted molar refractivity (Wildman–Crippen MR) is 46.3 cm³/mol. The lowest BCUT2D eigenvalue weighted by Crippen LogP contribution is -1.93. The SMILES string of the molecule is O=C(O)c1ccccc1.O=[SH](=O)O. The number of carbonyl (C=O) groups is 1. The number of benzene rings is 1. The van der Waals surface area contributed by atoms with Gasteiger partial charge in [0.05, 0.1) is 5.56 Å². The fraction of sp³-hybridized carbons (Fsp3) is 0. The second-order valence-electron chi connectivity index (χ2n) is 1.91. The van der Waals surface area contributed by atoms with Gasteiger partial charge in [-0.05, 0) is 12.1 Å². The second kappa shape index (κ2) is 6.15. The third-order valence-corrected chi connectivity index (χ3v) is 1.02. The van der Waals surface area contributed by atoms with E-state index in [1.165, 1.54) is 0 Å². The molecule has 0 aliphatic heterocycles. The number of hydrogen-bond acceptors (Lipinski definition) is 3. The Balaban J connectivity index is 0.000000310. The number of hydrogen-bond donors (Lipinski definition) is 3. The Labute approximate surface area is 76.4 Å². The summed E-state index contributed by atoms with van der Waals surface area (Å²) in [5.74, 6) is -0.879. The van der Waals surface area contributed by atoms with Crippen molar-refractivity contribution in [3.8, 4) is 0 Å². The van der Waals surface area contributed by atoms with E-state index in [9.17, 15) is 4.79 Å². The third-order valence-electron chi connectivity index (χ3n) is 1.02. The van der Waals surface area contributed by atoms with E-state index in [0.29, 0.717) is 5.56 Å². The van der Waals surface area contributed by atoms with E-state index in [1.807, 2.05) is 0 Å². The van der Waals surface area contributed by atoms with Crippen molar-refractivity contribution < 1.29 is 22.9 Å². The number of rotatable bonds is 1. The molecule has 0 aliphatic carbocycles. The molecule has 0 amide bonds. The molecule has 0 saturated carbocycles. The van der Waals surface area contributed by atoms with E-state index in [0.717, 1.165) is 0 Å². The molecule has 0 saturated heterocycles. The highest BCUT2D eigenvalue weighted by atomic mass is 32.2. The highest BCUT2D eigenvalue weighted by Gasteiger charge is 1.96. The van der Waals surface area contributed by atoms with Gasteiger partial charge in [-0.25, -0.2) is 13.2 Å². The van der Waals surface area contributed by atoms with Crippen molar-refractivity contribution in [2.24, 2.45) is 0 Å². The van der Waals surface area contributed by atoms with Gasteiger partial charge in [-0.3, -0.25) is 4.55 Å². The van der Waals surface area contributed by atoms with Crippen molar-refractivity contribution in [3.05, 3.63) is 35.9 Å². The van der Waals surface area contributed by atoms with Crippen LogP contribution in [0.1, 0.15) is 10.4 Å². The minimum atomic E-state index is -3.12. The molecule has 0 radical (unpaired) electrons. The Morgan fingerprint density at radius 2 is 1.54 bits per heavy atom. The molecule has 0 atom stereocenters. The molecule has 1 aromatic carbocycles. The van der Waals surface area contributed by atoms with Crippen molar-refractivity contribution in [1.29, 1.82) is 0 Å². The summed E-state index contributed by atoms with van der Waals surface area (Å²) in [6, 6.07) is 8.30. The van der Waals surface area contributed by atoms with Crippen LogP contribution in [0.2, 0.25) is 0 Å². The van der Waals surface area contributed by atoms with Gasteiger partial charge in [-0.2, -0.15) is 0 Å². The largest absolute Gasteiger partial charge is 0.478 e. The molecule has 0 fully saturated rings. The van der Waals surface area contributed by atoms with Crippen LogP contribution in [0.5, 0.6) is 0 Å². The maximum Gasteiger partial charge on any atom is 0.335 e. The fourth-order valence-corrected chi connectivity index (χ4v) is 0.581. The minimum absolute atomic E-state index is 0.331. The first-order valence-electron chi connectivity index (χ1n) is 3.15. The first-order chi connectivity index (χ1) is 6.04. The summed E-state index contributed by atoms with van der Waals surface area (Å²) in [7, 11) is -3.12. The molecule has 0 spiro atoms. The smallest absolute Gasteiger partial charge is 0.335 e.